The fourth-order valence-electron chi connectivity index (χ4n) is 3.59. The minimum absolute atomic E-state index is 0.512. The summed E-state index contributed by atoms with van der Waals surface area (Å²) < 4.78 is 0. The van der Waals surface area contributed by atoms with Gasteiger partial charge >= 0.3 is 0 Å². The highest BCUT2D eigenvalue weighted by Crippen LogP contribution is 2.33. The number of nitrogens with one attached hydrogen (secondary N) is 1. The molecule has 3 nitrogen and oxygen atoms in total. The molecule has 0 aliphatic heterocycles. The van der Waals surface area contributed by atoms with Crippen molar-refractivity contribution in [3.8, 4) is 0 Å². The molecule has 3 rings (SSSR count). The Balaban J connectivity index is 1.90. The topological polar surface area (TPSA) is 50.9 Å². The first-order valence-corrected chi connectivity index (χ1v) is 8.19. The SMILES string of the molecule is CCC(Nc1c(N)cnc2ccccc12)C1CCCCC1. The predicted octanol–water partition coefficient (Wildman–Crippen LogP) is 4.59. The second kappa shape index (κ2) is 6.33. The first-order chi connectivity index (χ1) is 10.3. The van der Waals surface area contributed by atoms with Crippen molar-refractivity contribution in [1.29, 1.82) is 0 Å². The van der Waals surface area contributed by atoms with Gasteiger partial charge in [-0.2, -0.15) is 0 Å². The lowest BCUT2D eigenvalue weighted by Crippen LogP contribution is -2.30. The molecule has 1 heterocycles. The summed E-state index contributed by atoms with van der Waals surface area (Å²) in [5, 5.41) is 4.88. The van der Waals surface area contributed by atoms with Gasteiger partial charge in [-0.15, -0.1) is 0 Å². The number of rotatable bonds is 4. The molecule has 1 aliphatic carbocycles. The van der Waals surface area contributed by atoms with E-state index < -0.39 is 0 Å². The molecule has 0 radical (unpaired) electrons. The lowest BCUT2D eigenvalue weighted by molar-refractivity contribution is 0.313. The van der Waals surface area contributed by atoms with Gasteiger partial charge in [-0.25, -0.2) is 0 Å². The van der Waals surface area contributed by atoms with E-state index in [1.54, 1.807) is 6.20 Å². The Labute approximate surface area is 127 Å². The van der Waals surface area contributed by atoms with Gasteiger partial charge in [-0.3, -0.25) is 4.98 Å². The first-order valence-electron chi connectivity index (χ1n) is 8.19. The van der Waals surface area contributed by atoms with Crippen LogP contribution in [0.5, 0.6) is 0 Å². The maximum Gasteiger partial charge on any atom is 0.0743 e. The molecular weight excluding hydrogens is 258 g/mol. The number of nitrogen functional groups attached to an aromatic ring is 1. The molecule has 21 heavy (non-hydrogen) atoms. The number of hydrogen-bond donors (Lipinski definition) is 2. The number of benzene rings is 1. The minimum atomic E-state index is 0.512. The highest BCUT2D eigenvalue weighted by Gasteiger charge is 2.23. The van der Waals surface area contributed by atoms with Crippen LogP contribution in [0.15, 0.2) is 30.5 Å². The molecule has 1 unspecified atom stereocenters. The lowest BCUT2D eigenvalue weighted by atomic mass is 9.82. The highest BCUT2D eigenvalue weighted by atomic mass is 15.0. The van der Waals surface area contributed by atoms with E-state index >= 15 is 0 Å². The van der Waals surface area contributed by atoms with E-state index in [0.717, 1.165) is 34.6 Å². The fraction of sp³-hybridized carbons (Fsp3) is 0.500. The number of nitrogens with zero attached hydrogens (tertiary/aromatic N) is 1. The summed E-state index contributed by atoms with van der Waals surface area (Å²) in [7, 11) is 0. The van der Waals surface area contributed by atoms with E-state index in [-0.39, 0.29) is 0 Å². The molecule has 1 atom stereocenters. The van der Waals surface area contributed by atoms with Crippen LogP contribution in [0.3, 0.4) is 0 Å². The summed E-state index contributed by atoms with van der Waals surface area (Å²) in [5.74, 6) is 0.773. The zero-order chi connectivity index (χ0) is 14.7. The number of para-hydroxylation sites is 1. The normalized spacial score (nSPS) is 17.8. The van der Waals surface area contributed by atoms with Gasteiger partial charge in [0.1, 0.15) is 0 Å². The van der Waals surface area contributed by atoms with E-state index in [9.17, 15) is 0 Å². The van der Waals surface area contributed by atoms with Crippen molar-refractivity contribution in [2.24, 2.45) is 5.92 Å². The zero-order valence-corrected chi connectivity index (χ0v) is 12.8. The van der Waals surface area contributed by atoms with Gasteiger partial charge in [0.25, 0.3) is 0 Å². The van der Waals surface area contributed by atoms with Gasteiger partial charge < -0.3 is 11.1 Å². The molecule has 0 bridgehead atoms. The summed E-state index contributed by atoms with van der Waals surface area (Å²) in [5.41, 5.74) is 9.02. The van der Waals surface area contributed by atoms with Crippen molar-refractivity contribution in [1.82, 2.24) is 4.98 Å². The summed E-state index contributed by atoms with van der Waals surface area (Å²) in [6, 6.07) is 8.73. The Bertz CT molecular complexity index is 602. The van der Waals surface area contributed by atoms with Crippen LogP contribution in [0.1, 0.15) is 45.4 Å². The van der Waals surface area contributed by atoms with Gasteiger partial charge in [0.05, 0.1) is 23.1 Å². The van der Waals surface area contributed by atoms with Crippen molar-refractivity contribution in [3.63, 3.8) is 0 Å². The number of fused-ring (bicyclic) bond motifs is 1. The molecule has 1 aliphatic rings. The van der Waals surface area contributed by atoms with Crippen LogP contribution in [-0.2, 0) is 0 Å². The van der Waals surface area contributed by atoms with Crippen molar-refractivity contribution < 1.29 is 0 Å². The maximum atomic E-state index is 6.19. The number of nitrogens with two attached hydrogens (primary N) is 1. The van der Waals surface area contributed by atoms with E-state index in [1.807, 2.05) is 12.1 Å². The van der Waals surface area contributed by atoms with Gasteiger partial charge in [0.15, 0.2) is 0 Å². The second-order valence-corrected chi connectivity index (χ2v) is 6.16. The third-order valence-corrected chi connectivity index (χ3v) is 4.79. The van der Waals surface area contributed by atoms with Crippen LogP contribution in [0.25, 0.3) is 10.9 Å². The number of anilines is 2. The zero-order valence-electron chi connectivity index (χ0n) is 12.8. The quantitative estimate of drug-likeness (QED) is 0.863. The van der Waals surface area contributed by atoms with Crippen molar-refractivity contribution in [3.05, 3.63) is 30.5 Å². The van der Waals surface area contributed by atoms with Crippen LogP contribution in [0.4, 0.5) is 11.4 Å². The number of aromatic nitrogens is 1. The van der Waals surface area contributed by atoms with Crippen LogP contribution >= 0.6 is 0 Å². The van der Waals surface area contributed by atoms with Crippen molar-refractivity contribution in [2.75, 3.05) is 11.1 Å². The summed E-state index contributed by atoms with van der Waals surface area (Å²) in [6.07, 6.45) is 9.74. The number of hydrogen-bond acceptors (Lipinski definition) is 3. The molecule has 0 spiro atoms. The monoisotopic (exact) mass is 283 g/mol. The fourth-order valence-corrected chi connectivity index (χ4v) is 3.59. The Morgan fingerprint density at radius 1 is 1.24 bits per heavy atom. The van der Waals surface area contributed by atoms with Crippen LogP contribution in [-0.4, -0.2) is 11.0 Å². The second-order valence-electron chi connectivity index (χ2n) is 6.16. The molecule has 1 saturated carbocycles. The van der Waals surface area contributed by atoms with Gasteiger partial charge in [-0.1, -0.05) is 44.4 Å². The molecule has 3 heteroatoms. The van der Waals surface area contributed by atoms with E-state index in [4.69, 9.17) is 5.73 Å². The van der Waals surface area contributed by atoms with Gasteiger partial charge in [-0.05, 0) is 31.2 Å². The van der Waals surface area contributed by atoms with Crippen LogP contribution in [0, 0.1) is 5.92 Å². The van der Waals surface area contributed by atoms with Crippen molar-refractivity contribution in [2.45, 2.75) is 51.5 Å². The standard InChI is InChI=1S/C18H25N3/c1-2-16(13-8-4-3-5-9-13)21-18-14-10-6-7-11-17(14)20-12-15(18)19/h6-7,10-13,16H,2-5,8-9,19H2,1H3,(H,20,21). The average Bonchev–Trinajstić information content (AvgIpc) is 2.55. The Kier molecular flexibility index (Phi) is 4.28. The van der Waals surface area contributed by atoms with Crippen molar-refractivity contribution >= 4 is 22.3 Å². The first kappa shape index (κ1) is 14.2. The molecule has 3 N–H and O–H groups in total. The van der Waals surface area contributed by atoms with Gasteiger partial charge in [0, 0.05) is 11.4 Å². The molecule has 0 amide bonds. The van der Waals surface area contributed by atoms with E-state index in [0.29, 0.717) is 6.04 Å². The molecule has 1 aromatic heterocycles. The number of pyridine rings is 1. The average molecular weight is 283 g/mol. The van der Waals surface area contributed by atoms with Crippen LogP contribution in [0.2, 0.25) is 0 Å². The molecule has 2 aromatic rings. The summed E-state index contributed by atoms with van der Waals surface area (Å²) >= 11 is 0. The highest BCUT2D eigenvalue weighted by molar-refractivity contribution is 5.96. The molecule has 0 saturated heterocycles. The Morgan fingerprint density at radius 3 is 2.76 bits per heavy atom. The van der Waals surface area contributed by atoms with Gasteiger partial charge in [0.2, 0.25) is 0 Å². The third kappa shape index (κ3) is 2.97. The predicted molar refractivity (Wildman–Crippen MR) is 90.4 cm³/mol. The smallest absolute Gasteiger partial charge is 0.0743 e. The third-order valence-electron chi connectivity index (χ3n) is 4.79. The van der Waals surface area contributed by atoms with E-state index in [2.05, 4.69) is 29.4 Å². The molecule has 1 aromatic carbocycles. The van der Waals surface area contributed by atoms with Crippen LogP contribution < -0.4 is 11.1 Å². The lowest BCUT2D eigenvalue weighted by Gasteiger charge is -2.31. The molecule has 1 fully saturated rings. The summed E-state index contributed by atoms with van der Waals surface area (Å²) in [4.78, 5) is 4.42. The summed E-state index contributed by atoms with van der Waals surface area (Å²) in [6.45, 7) is 2.27. The maximum absolute atomic E-state index is 6.19. The Hall–Kier alpha value is -1.77. The molecule has 112 valence electrons. The Morgan fingerprint density at radius 2 is 2.00 bits per heavy atom. The molecular formula is C18H25N3. The van der Waals surface area contributed by atoms with E-state index in [1.165, 1.54) is 32.1 Å². The minimum Gasteiger partial charge on any atom is -0.396 e. The largest absolute Gasteiger partial charge is 0.396 e.